The first-order chi connectivity index (χ1) is 20.2. The largest absolute Gasteiger partial charge is 0.457 e. The van der Waals surface area contributed by atoms with Crippen LogP contribution >= 0.6 is 0 Å². The van der Waals surface area contributed by atoms with E-state index in [0.717, 1.165) is 30.0 Å². The lowest BCUT2D eigenvalue weighted by Crippen LogP contribution is -2.27. The van der Waals surface area contributed by atoms with Crippen LogP contribution in [-0.4, -0.2) is 30.8 Å². The zero-order valence-electron chi connectivity index (χ0n) is 22.5. The molecule has 1 saturated heterocycles. The highest BCUT2D eigenvalue weighted by Gasteiger charge is 2.34. The molecule has 0 bridgehead atoms. The van der Waals surface area contributed by atoms with Crippen LogP contribution in [0.4, 0.5) is 13.2 Å². The number of benzene rings is 4. The Morgan fingerprint density at radius 1 is 0.810 bits per heavy atom. The minimum atomic E-state index is -4.56. The van der Waals surface area contributed by atoms with Crippen LogP contribution in [0.3, 0.4) is 0 Å². The van der Waals surface area contributed by atoms with Crippen molar-refractivity contribution in [2.24, 2.45) is 0 Å². The third-order valence-electron chi connectivity index (χ3n) is 7.39. The fourth-order valence-electron chi connectivity index (χ4n) is 5.41. The number of hydrogen-bond acceptors (Lipinski definition) is 4. The number of para-hydroxylation sites is 1. The van der Waals surface area contributed by atoms with Gasteiger partial charge in [0.2, 0.25) is 10.0 Å². The van der Waals surface area contributed by atoms with Crippen molar-refractivity contribution in [1.29, 1.82) is 0 Å². The SMILES string of the molecule is O=S(=O)(c1cccc(Oc2cccc(-c3c(Cc4ccccc4)cnc4c(C(F)(F)F)cccc34)c2)c1)N1CCCC1. The van der Waals surface area contributed by atoms with E-state index >= 15 is 0 Å². The van der Waals surface area contributed by atoms with Crippen LogP contribution < -0.4 is 4.74 Å². The third-order valence-corrected chi connectivity index (χ3v) is 9.28. The molecular weight excluding hydrogens is 561 g/mol. The average Bonchev–Trinajstić information content (AvgIpc) is 3.53. The van der Waals surface area contributed by atoms with Crippen LogP contribution in [0.2, 0.25) is 0 Å². The normalized spacial score (nSPS) is 14.4. The van der Waals surface area contributed by atoms with Crippen LogP contribution in [0, 0.1) is 0 Å². The van der Waals surface area contributed by atoms with E-state index in [2.05, 4.69) is 4.98 Å². The van der Waals surface area contributed by atoms with Crippen molar-refractivity contribution in [3.63, 3.8) is 0 Å². The molecule has 0 unspecified atom stereocenters. The van der Waals surface area contributed by atoms with E-state index in [1.54, 1.807) is 42.5 Å². The molecule has 1 fully saturated rings. The van der Waals surface area contributed by atoms with Crippen LogP contribution in [0.1, 0.15) is 29.5 Å². The lowest BCUT2D eigenvalue weighted by atomic mass is 9.92. The molecule has 5 aromatic rings. The Labute approximate surface area is 242 Å². The molecular formula is C33H27F3N2O3S. The van der Waals surface area contributed by atoms with E-state index < -0.39 is 21.8 Å². The summed E-state index contributed by atoms with van der Waals surface area (Å²) in [7, 11) is -3.63. The topological polar surface area (TPSA) is 59.5 Å². The van der Waals surface area contributed by atoms with Crippen molar-refractivity contribution >= 4 is 20.9 Å². The zero-order valence-corrected chi connectivity index (χ0v) is 23.3. The van der Waals surface area contributed by atoms with Gasteiger partial charge in [-0.05, 0) is 71.8 Å². The highest BCUT2D eigenvalue weighted by Crippen LogP contribution is 2.40. The molecule has 6 rings (SSSR count). The van der Waals surface area contributed by atoms with E-state index in [4.69, 9.17) is 4.74 Å². The van der Waals surface area contributed by atoms with Gasteiger partial charge >= 0.3 is 6.18 Å². The fourth-order valence-corrected chi connectivity index (χ4v) is 6.96. The highest BCUT2D eigenvalue weighted by atomic mass is 32.2. The second kappa shape index (κ2) is 11.2. The Morgan fingerprint density at radius 2 is 1.50 bits per heavy atom. The molecule has 1 aromatic heterocycles. The first-order valence-corrected chi connectivity index (χ1v) is 15.0. The van der Waals surface area contributed by atoms with Gasteiger partial charge in [-0.3, -0.25) is 4.98 Å². The lowest BCUT2D eigenvalue weighted by molar-refractivity contribution is -0.136. The smallest absolute Gasteiger partial charge is 0.418 e. The summed E-state index contributed by atoms with van der Waals surface area (Å²) in [5.41, 5.74) is 2.13. The second-order valence-corrected chi connectivity index (χ2v) is 12.2. The van der Waals surface area contributed by atoms with Crippen molar-refractivity contribution in [3.05, 3.63) is 120 Å². The molecule has 5 nitrogen and oxygen atoms in total. The van der Waals surface area contributed by atoms with Gasteiger partial charge in [-0.25, -0.2) is 8.42 Å². The van der Waals surface area contributed by atoms with Crippen molar-refractivity contribution < 1.29 is 26.3 Å². The van der Waals surface area contributed by atoms with Gasteiger partial charge < -0.3 is 4.74 Å². The van der Waals surface area contributed by atoms with Gasteiger partial charge in [0.25, 0.3) is 0 Å². The molecule has 4 aromatic carbocycles. The van der Waals surface area contributed by atoms with Gasteiger partial charge in [-0.1, -0.05) is 60.7 Å². The molecule has 2 heterocycles. The minimum absolute atomic E-state index is 0.122. The Bertz CT molecular complexity index is 1850. The number of hydrogen-bond donors (Lipinski definition) is 0. The first kappa shape index (κ1) is 27.9. The molecule has 0 aliphatic carbocycles. The number of alkyl halides is 3. The fraction of sp³-hybridized carbons (Fsp3) is 0.182. The predicted octanol–water partition coefficient (Wildman–Crippen LogP) is 8.09. The Morgan fingerprint density at radius 3 is 2.24 bits per heavy atom. The number of rotatable bonds is 7. The monoisotopic (exact) mass is 588 g/mol. The summed E-state index contributed by atoms with van der Waals surface area (Å²) in [5, 5.41) is 0.383. The Hall–Kier alpha value is -4.21. The van der Waals surface area contributed by atoms with Crippen LogP contribution in [-0.2, 0) is 22.6 Å². The standard InChI is InChI=1S/C33H27F3N2O3S/c34-33(35,36)30-16-8-15-29-31(25(22-37-32(29)30)19-23-9-2-1-3-10-23)24-11-6-12-26(20-24)41-27-13-7-14-28(21-27)42(39,40)38-17-4-5-18-38/h1-3,6-16,20-22H,4-5,17-19H2. The average molecular weight is 589 g/mol. The summed E-state index contributed by atoms with van der Waals surface area (Å²) in [6.45, 7) is 0.993. The number of pyridine rings is 1. The second-order valence-electron chi connectivity index (χ2n) is 10.2. The van der Waals surface area contributed by atoms with E-state index in [1.165, 1.54) is 22.6 Å². The molecule has 0 amide bonds. The maximum absolute atomic E-state index is 13.9. The van der Waals surface area contributed by atoms with Gasteiger partial charge in [0, 0.05) is 30.7 Å². The number of nitrogens with zero attached hydrogens (tertiary/aromatic N) is 2. The maximum Gasteiger partial charge on any atom is 0.418 e. The number of aromatic nitrogens is 1. The molecule has 0 radical (unpaired) electrons. The van der Waals surface area contributed by atoms with Crippen LogP contribution in [0.5, 0.6) is 11.5 Å². The molecule has 9 heteroatoms. The van der Waals surface area contributed by atoms with E-state index in [0.29, 0.717) is 47.5 Å². The number of halogens is 3. The van der Waals surface area contributed by atoms with Crippen LogP contribution in [0.25, 0.3) is 22.0 Å². The van der Waals surface area contributed by atoms with Gasteiger partial charge in [-0.15, -0.1) is 0 Å². The minimum Gasteiger partial charge on any atom is -0.457 e. The highest BCUT2D eigenvalue weighted by molar-refractivity contribution is 7.89. The molecule has 214 valence electrons. The van der Waals surface area contributed by atoms with Gasteiger partial charge in [0.15, 0.2) is 0 Å². The molecule has 0 spiro atoms. The van der Waals surface area contributed by atoms with E-state index in [1.807, 2.05) is 36.4 Å². The van der Waals surface area contributed by atoms with Crippen molar-refractivity contribution in [3.8, 4) is 22.6 Å². The summed E-state index contributed by atoms with van der Waals surface area (Å²) in [6, 6.07) is 27.2. The van der Waals surface area contributed by atoms with Crippen LogP contribution in [0.15, 0.2) is 108 Å². The zero-order chi connectivity index (χ0) is 29.3. The lowest BCUT2D eigenvalue weighted by Gasteiger charge is -2.17. The molecule has 1 aliphatic heterocycles. The summed E-state index contributed by atoms with van der Waals surface area (Å²) in [6.07, 6.45) is -0.904. The van der Waals surface area contributed by atoms with E-state index in [9.17, 15) is 21.6 Å². The van der Waals surface area contributed by atoms with Gasteiger partial charge in [-0.2, -0.15) is 17.5 Å². The van der Waals surface area contributed by atoms with E-state index in [-0.39, 0.29) is 10.4 Å². The number of sulfonamides is 1. The first-order valence-electron chi connectivity index (χ1n) is 13.6. The quantitative estimate of drug-likeness (QED) is 0.193. The molecule has 0 saturated carbocycles. The third kappa shape index (κ3) is 5.62. The van der Waals surface area contributed by atoms with Crippen molar-refractivity contribution in [2.45, 2.75) is 30.3 Å². The molecule has 42 heavy (non-hydrogen) atoms. The molecule has 1 aliphatic rings. The van der Waals surface area contributed by atoms with Crippen molar-refractivity contribution in [1.82, 2.24) is 9.29 Å². The maximum atomic E-state index is 13.9. The number of ether oxygens (including phenoxy) is 1. The van der Waals surface area contributed by atoms with Crippen molar-refractivity contribution in [2.75, 3.05) is 13.1 Å². The van der Waals surface area contributed by atoms with Gasteiger partial charge in [0.1, 0.15) is 11.5 Å². The number of fused-ring (bicyclic) bond motifs is 1. The summed E-state index contributed by atoms with van der Waals surface area (Å²) in [5.74, 6) is 0.765. The van der Waals surface area contributed by atoms with Gasteiger partial charge in [0.05, 0.1) is 16.0 Å². The summed E-state index contributed by atoms with van der Waals surface area (Å²) in [4.78, 5) is 4.43. The molecule has 0 atom stereocenters. The molecule has 0 N–H and O–H groups in total. The predicted molar refractivity (Wildman–Crippen MR) is 156 cm³/mol. The Balaban J connectivity index is 1.42. The Kier molecular flexibility index (Phi) is 7.47. The summed E-state index contributed by atoms with van der Waals surface area (Å²) < 4.78 is 75.5. The summed E-state index contributed by atoms with van der Waals surface area (Å²) >= 11 is 0.